The highest BCUT2D eigenvalue weighted by atomic mass is 16.5. The third kappa shape index (κ3) is 4.16. The van der Waals surface area contributed by atoms with Crippen LogP contribution in [0.25, 0.3) is 32.4 Å². The number of ether oxygens (including phenoxy) is 1. The van der Waals surface area contributed by atoms with Crippen LogP contribution in [0.1, 0.15) is 30.1 Å². The van der Waals surface area contributed by atoms with E-state index in [0.29, 0.717) is 24.5 Å². The minimum absolute atomic E-state index is 0.0410. The van der Waals surface area contributed by atoms with E-state index in [1.807, 2.05) is 12.3 Å². The summed E-state index contributed by atoms with van der Waals surface area (Å²) in [6.45, 7) is 12.1. The summed E-state index contributed by atoms with van der Waals surface area (Å²) in [6.07, 6.45) is 8.41. The van der Waals surface area contributed by atoms with Gasteiger partial charge in [-0.2, -0.15) is 0 Å². The fourth-order valence-corrected chi connectivity index (χ4v) is 7.90. The van der Waals surface area contributed by atoms with Gasteiger partial charge in [0.25, 0.3) is 0 Å². The van der Waals surface area contributed by atoms with Crippen molar-refractivity contribution in [3.8, 4) is 0 Å². The van der Waals surface area contributed by atoms with Crippen molar-refractivity contribution < 1.29 is 9.22 Å². The quantitative estimate of drug-likeness (QED) is 0.115. The maximum atomic E-state index is 6.80. The van der Waals surface area contributed by atoms with Crippen molar-refractivity contribution in [2.45, 2.75) is 31.5 Å². The van der Waals surface area contributed by atoms with Gasteiger partial charge in [-0.25, -0.2) is 0 Å². The fourth-order valence-electron chi connectivity index (χ4n) is 7.90. The van der Waals surface area contributed by atoms with Gasteiger partial charge in [0.2, 0.25) is 0 Å². The van der Waals surface area contributed by atoms with E-state index in [0.717, 1.165) is 36.1 Å². The van der Waals surface area contributed by atoms with E-state index in [1.54, 1.807) is 0 Å². The average molecular weight is 526 g/mol. The third-order valence-corrected chi connectivity index (χ3v) is 9.76. The minimum Gasteiger partial charge on any atom is -0.363 e. The molecular formula is C37H37N2O+. The normalized spacial score (nSPS) is 24.9. The molecule has 40 heavy (non-hydrogen) atoms. The Kier molecular flexibility index (Phi) is 6.50. The van der Waals surface area contributed by atoms with Gasteiger partial charge in [0.15, 0.2) is 0 Å². The van der Waals surface area contributed by atoms with Crippen molar-refractivity contribution in [1.82, 2.24) is 4.98 Å². The predicted octanol–water partition coefficient (Wildman–Crippen LogP) is 8.40. The lowest BCUT2D eigenvalue weighted by molar-refractivity contribution is -0.984. The van der Waals surface area contributed by atoms with Gasteiger partial charge in [0.05, 0.1) is 25.2 Å². The molecule has 1 unspecified atom stereocenters. The van der Waals surface area contributed by atoms with Gasteiger partial charge in [-0.1, -0.05) is 78.9 Å². The first kappa shape index (κ1) is 25.2. The van der Waals surface area contributed by atoms with E-state index in [9.17, 15) is 0 Å². The lowest BCUT2D eigenvalue weighted by Gasteiger charge is -2.58. The first-order valence-electron chi connectivity index (χ1n) is 14.6. The summed E-state index contributed by atoms with van der Waals surface area (Å²) in [5.74, 6) is 1.18. The predicted molar refractivity (Wildman–Crippen MR) is 166 cm³/mol. The Morgan fingerprint density at radius 1 is 0.900 bits per heavy atom. The van der Waals surface area contributed by atoms with E-state index >= 15 is 0 Å². The molecule has 200 valence electrons. The van der Waals surface area contributed by atoms with Crippen LogP contribution < -0.4 is 0 Å². The summed E-state index contributed by atoms with van der Waals surface area (Å²) in [6, 6.07) is 31.2. The van der Waals surface area contributed by atoms with Crippen LogP contribution in [0, 0.1) is 11.8 Å². The largest absolute Gasteiger partial charge is 0.363 e. The van der Waals surface area contributed by atoms with Gasteiger partial charge >= 0.3 is 0 Å². The first-order chi connectivity index (χ1) is 19.7. The van der Waals surface area contributed by atoms with Gasteiger partial charge in [0.1, 0.15) is 18.7 Å². The van der Waals surface area contributed by atoms with Gasteiger partial charge in [-0.15, -0.1) is 13.2 Å². The number of piperidine rings is 3. The monoisotopic (exact) mass is 525 g/mol. The second-order valence-electron chi connectivity index (χ2n) is 11.8. The Balaban J connectivity index is 1.41. The summed E-state index contributed by atoms with van der Waals surface area (Å²) in [4.78, 5) is 4.68. The molecule has 3 saturated heterocycles. The third-order valence-electron chi connectivity index (χ3n) is 9.76. The molecule has 4 heterocycles. The Morgan fingerprint density at radius 2 is 1.60 bits per heavy atom. The maximum Gasteiger partial charge on any atom is 0.135 e. The highest BCUT2D eigenvalue weighted by molar-refractivity contribution is 6.02. The average Bonchev–Trinajstić information content (AvgIpc) is 3.01. The fraction of sp³-hybridized carbons (Fsp3) is 0.270. The molecule has 3 aliphatic rings. The van der Waals surface area contributed by atoms with Crippen LogP contribution >= 0.6 is 0 Å². The number of hydrogen-bond donors (Lipinski definition) is 0. The van der Waals surface area contributed by atoms with Gasteiger partial charge in [0, 0.05) is 35.9 Å². The summed E-state index contributed by atoms with van der Waals surface area (Å²) in [7, 11) is 0. The van der Waals surface area contributed by atoms with Gasteiger partial charge in [-0.05, 0) is 51.2 Å². The summed E-state index contributed by atoms with van der Waals surface area (Å²) in [5.41, 5.74) is 3.74. The Labute approximate surface area is 237 Å². The topological polar surface area (TPSA) is 22.1 Å². The second-order valence-corrected chi connectivity index (χ2v) is 11.8. The van der Waals surface area contributed by atoms with Crippen molar-refractivity contribution in [1.29, 1.82) is 0 Å². The van der Waals surface area contributed by atoms with Crippen LogP contribution in [-0.4, -0.2) is 35.2 Å². The van der Waals surface area contributed by atoms with Crippen LogP contribution in [-0.2, 0) is 11.3 Å². The molecule has 3 heteroatoms. The van der Waals surface area contributed by atoms with Crippen molar-refractivity contribution in [3.05, 3.63) is 128 Å². The van der Waals surface area contributed by atoms with Crippen LogP contribution in [0.4, 0.5) is 0 Å². The number of pyridine rings is 1. The number of para-hydroxylation sites is 1. The number of quaternary nitrogens is 1. The lowest BCUT2D eigenvalue weighted by Crippen LogP contribution is -2.67. The first-order valence-corrected chi connectivity index (χ1v) is 14.6. The number of benzene rings is 4. The zero-order valence-electron chi connectivity index (χ0n) is 23.1. The number of rotatable bonds is 8. The Bertz CT molecular complexity index is 1670. The van der Waals surface area contributed by atoms with Gasteiger partial charge in [-0.3, -0.25) is 4.98 Å². The molecule has 5 atom stereocenters. The highest BCUT2D eigenvalue weighted by Gasteiger charge is 2.54. The molecule has 0 saturated carbocycles. The molecule has 5 aromatic rings. The summed E-state index contributed by atoms with van der Waals surface area (Å²) >= 11 is 0. The molecule has 2 bridgehead atoms. The minimum atomic E-state index is -0.0410. The smallest absolute Gasteiger partial charge is 0.135 e. The van der Waals surface area contributed by atoms with Crippen molar-refractivity contribution in [3.63, 3.8) is 0 Å². The molecule has 0 spiro atoms. The van der Waals surface area contributed by atoms with E-state index in [1.165, 1.54) is 44.5 Å². The maximum absolute atomic E-state index is 6.80. The zero-order chi connectivity index (χ0) is 27.1. The number of hydrogen-bond acceptors (Lipinski definition) is 2. The van der Waals surface area contributed by atoms with Crippen LogP contribution in [0.3, 0.4) is 0 Å². The molecular weight excluding hydrogens is 488 g/mol. The van der Waals surface area contributed by atoms with Crippen LogP contribution in [0.2, 0.25) is 0 Å². The number of nitrogens with zero attached hydrogens (tertiary/aromatic N) is 2. The van der Waals surface area contributed by atoms with Crippen molar-refractivity contribution in [2.75, 3.05) is 19.7 Å². The number of aromatic nitrogens is 1. The van der Waals surface area contributed by atoms with E-state index in [-0.39, 0.29) is 6.10 Å². The summed E-state index contributed by atoms with van der Waals surface area (Å²) < 4.78 is 7.81. The standard InChI is InChI=1S/C37H37N2O/c1-3-21-40-37(33-17-19-38-35-16-10-9-15-32(33)35)36-23-27-18-20-39(36,24-26(27)4-2)25-34-30-13-7-5-11-28(30)22-29-12-6-8-14-31(29)34/h3-17,19,22,26-27,36-37H,1-2,18,20-21,23-25H2/q+1/t26-,27+,36+,37-,39?/m0/s1. The van der Waals surface area contributed by atoms with Crippen LogP contribution in [0.5, 0.6) is 0 Å². The van der Waals surface area contributed by atoms with Gasteiger partial charge < -0.3 is 9.22 Å². The van der Waals surface area contributed by atoms with E-state index in [4.69, 9.17) is 4.74 Å². The molecule has 3 aliphatic heterocycles. The molecule has 0 radical (unpaired) electrons. The Hall–Kier alpha value is -3.79. The Morgan fingerprint density at radius 3 is 2.33 bits per heavy atom. The molecule has 0 aliphatic carbocycles. The zero-order valence-corrected chi connectivity index (χ0v) is 23.1. The van der Waals surface area contributed by atoms with Crippen molar-refractivity contribution in [2.24, 2.45) is 11.8 Å². The van der Waals surface area contributed by atoms with Crippen molar-refractivity contribution >= 4 is 32.4 Å². The summed E-state index contributed by atoms with van der Waals surface area (Å²) in [5, 5.41) is 6.56. The highest BCUT2D eigenvalue weighted by Crippen LogP contribution is 2.50. The second kappa shape index (κ2) is 10.3. The molecule has 0 amide bonds. The lowest BCUT2D eigenvalue weighted by atomic mass is 9.70. The molecule has 0 N–H and O–H groups in total. The molecule has 4 aromatic carbocycles. The molecule has 1 aromatic heterocycles. The number of fused-ring (bicyclic) bond motifs is 6. The molecule has 8 rings (SSSR count). The van der Waals surface area contributed by atoms with E-state index < -0.39 is 0 Å². The molecule has 3 fully saturated rings. The van der Waals surface area contributed by atoms with E-state index in [2.05, 4.69) is 109 Å². The molecule has 3 nitrogen and oxygen atoms in total. The SMILES string of the molecule is C=CCO[C@@H](c1ccnc2ccccc12)[C@H]1C[C@H]2CC[N+]1(Cc1c3ccccc3cc3ccccc13)C[C@@H]2C=C. The van der Waals surface area contributed by atoms with Crippen LogP contribution in [0.15, 0.2) is 116 Å².